The lowest BCUT2D eigenvalue weighted by Gasteiger charge is -2.32. The van der Waals surface area contributed by atoms with Crippen LogP contribution in [0.1, 0.15) is 46.1 Å². The number of amides is 1. The van der Waals surface area contributed by atoms with Crippen molar-refractivity contribution in [3.8, 4) is 5.69 Å². The van der Waals surface area contributed by atoms with E-state index in [0.29, 0.717) is 17.2 Å². The number of carbonyl (C=O) groups excluding carboxylic acids is 1. The quantitative estimate of drug-likeness (QED) is 0.503. The molecule has 1 amide bonds. The van der Waals surface area contributed by atoms with Gasteiger partial charge >= 0.3 is 0 Å². The number of H-pyrrole nitrogens is 1. The van der Waals surface area contributed by atoms with E-state index in [2.05, 4.69) is 34.5 Å². The van der Waals surface area contributed by atoms with Crippen molar-refractivity contribution in [2.45, 2.75) is 32.6 Å². The lowest BCUT2D eigenvalue weighted by Crippen LogP contribution is -2.38. The van der Waals surface area contributed by atoms with E-state index in [0.717, 1.165) is 42.8 Å². The molecule has 31 heavy (non-hydrogen) atoms. The van der Waals surface area contributed by atoms with E-state index in [1.165, 1.54) is 23.1 Å². The Bertz CT molecular complexity index is 1250. The molecule has 0 spiro atoms. The fourth-order valence-corrected chi connectivity index (χ4v) is 4.77. The normalized spacial score (nSPS) is 15.0. The Morgan fingerprint density at radius 2 is 1.77 bits per heavy atom. The molecule has 1 saturated heterocycles. The zero-order valence-electron chi connectivity index (χ0n) is 17.7. The summed E-state index contributed by atoms with van der Waals surface area (Å²) in [7, 11) is 0. The van der Waals surface area contributed by atoms with E-state index in [4.69, 9.17) is 0 Å². The largest absolute Gasteiger partial charge is 0.361 e. The molecule has 0 saturated carbocycles. The number of benzene rings is 2. The fourth-order valence-electron chi connectivity index (χ4n) is 4.77. The lowest BCUT2D eigenvalue weighted by molar-refractivity contribution is 0.0712. The van der Waals surface area contributed by atoms with E-state index in [9.17, 15) is 9.18 Å². The molecule has 1 N–H and O–H groups in total. The van der Waals surface area contributed by atoms with Gasteiger partial charge in [-0.3, -0.25) is 4.79 Å². The van der Waals surface area contributed by atoms with Crippen LogP contribution in [-0.2, 0) is 0 Å². The predicted molar refractivity (Wildman–Crippen MR) is 119 cm³/mol. The van der Waals surface area contributed by atoms with Crippen LogP contribution in [0.2, 0.25) is 0 Å². The number of carbonyl (C=O) groups is 1. The summed E-state index contributed by atoms with van der Waals surface area (Å²) < 4.78 is 15.0. The summed E-state index contributed by atoms with van der Waals surface area (Å²) >= 11 is 0. The van der Waals surface area contributed by atoms with E-state index >= 15 is 0 Å². The summed E-state index contributed by atoms with van der Waals surface area (Å²) in [6.45, 7) is 5.21. The van der Waals surface area contributed by atoms with Gasteiger partial charge in [0.05, 0.1) is 22.6 Å². The van der Waals surface area contributed by atoms with Crippen molar-refractivity contribution in [2.75, 3.05) is 13.1 Å². The van der Waals surface area contributed by atoms with E-state index in [1.807, 2.05) is 24.8 Å². The molecule has 3 heterocycles. The molecule has 2 aromatic heterocycles. The smallest absolute Gasteiger partial charge is 0.257 e. The van der Waals surface area contributed by atoms with Gasteiger partial charge in [-0.1, -0.05) is 18.2 Å². The minimum atomic E-state index is -0.292. The zero-order valence-corrected chi connectivity index (χ0v) is 17.7. The standard InChI is InChI=1S/C25H25FN4O/c1-16-24(17(2)30(28-16)20-9-7-19(26)8-10-20)25(31)29-13-11-18(12-14-29)22-15-27-23-6-4-3-5-21(22)23/h3-10,15,18,27H,11-14H2,1-2H3. The van der Waals surface area contributed by atoms with Crippen molar-refractivity contribution in [3.63, 3.8) is 0 Å². The SMILES string of the molecule is Cc1nn(-c2ccc(F)cc2)c(C)c1C(=O)N1CCC(c2c[nH]c3ccccc23)CC1. The molecule has 1 aliphatic rings. The van der Waals surface area contributed by atoms with Crippen LogP contribution < -0.4 is 0 Å². The number of hydrogen-bond donors (Lipinski definition) is 1. The van der Waals surface area contributed by atoms with Crippen LogP contribution in [0.3, 0.4) is 0 Å². The predicted octanol–water partition coefficient (Wildman–Crippen LogP) is 5.13. The molecule has 0 unspecified atom stereocenters. The highest BCUT2D eigenvalue weighted by molar-refractivity contribution is 5.96. The number of fused-ring (bicyclic) bond motifs is 1. The topological polar surface area (TPSA) is 53.9 Å². The van der Waals surface area contributed by atoms with E-state index < -0.39 is 0 Å². The molecule has 1 aliphatic heterocycles. The van der Waals surface area contributed by atoms with Crippen molar-refractivity contribution in [1.29, 1.82) is 0 Å². The number of aromatic amines is 1. The Morgan fingerprint density at radius 1 is 1.06 bits per heavy atom. The number of piperidine rings is 1. The Morgan fingerprint density at radius 3 is 2.52 bits per heavy atom. The second kappa shape index (κ2) is 7.69. The Labute approximate surface area is 180 Å². The van der Waals surface area contributed by atoms with Gasteiger partial charge in [0.1, 0.15) is 5.82 Å². The molecular weight excluding hydrogens is 391 g/mol. The molecule has 4 aromatic rings. The van der Waals surface area contributed by atoms with Crippen LogP contribution in [0.4, 0.5) is 4.39 Å². The Hall–Kier alpha value is -3.41. The summed E-state index contributed by atoms with van der Waals surface area (Å²) in [6.07, 6.45) is 4.00. The number of para-hydroxylation sites is 1. The molecule has 158 valence electrons. The minimum absolute atomic E-state index is 0.0285. The molecule has 0 bridgehead atoms. The highest BCUT2D eigenvalue weighted by Gasteiger charge is 2.29. The number of nitrogens with one attached hydrogen (secondary N) is 1. The number of aromatic nitrogens is 3. The summed E-state index contributed by atoms with van der Waals surface area (Å²) in [5.41, 5.74) is 5.39. The Balaban J connectivity index is 1.34. The van der Waals surface area contributed by atoms with Gasteiger partial charge in [0.25, 0.3) is 5.91 Å². The van der Waals surface area contributed by atoms with Crippen LogP contribution >= 0.6 is 0 Å². The van der Waals surface area contributed by atoms with Gasteiger partial charge in [-0.25, -0.2) is 9.07 Å². The van der Waals surface area contributed by atoms with Gasteiger partial charge in [0.15, 0.2) is 0 Å². The van der Waals surface area contributed by atoms with Crippen molar-refractivity contribution in [1.82, 2.24) is 19.7 Å². The molecule has 0 radical (unpaired) electrons. The lowest BCUT2D eigenvalue weighted by atomic mass is 9.89. The molecule has 1 fully saturated rings. The fraction of sp³-hybridized carbons (Fsp3) is 0.280. The van der Waals surface area contributed by atoms with Crippen molar-refractivity contribution < 1.29 is 9.18 Å². The summed E-state index contributed by atoms with van der Waals surface area (Å²) in [4.78, 5) is 18.7. The first-order chi connectivity index (χ1) is 15.0. The van der Waals surface area contributed by atoms with E-state index in [1.54, 1.807) is 16.8 Å². The monoisotopic (exact) mass is 416 g/mol. The van der Waals surface area contributed by atoms with Gasteiger partial charge < -0.3 is 9.88 Å². The minimum Gasteiger partial charge on any atom is -0.361 e. The molecule has 5 rings (SSSR count). The van der Waals surface area contributed by atoms with Crippen LogP contribution in [0.15, 0.2) is 54.7 Å². The van der Waals surface area contributed by atoms with Gasteiger partial charge in [-0.2, -0.15) is 5.10 Å². The second-order valence-electron chi connectivity index (χ2n) is 8.29. The first-order valence-corrected chi connectivity index (χ1v) is 10.7. The number of halogens is 1. The highest BCUT2D eigenvalue weighted by atomic mass is 19.1. The van der Waals surface area contributed by atoms with Crippen molar-refractivity contribution in [2.24, 2.45) is 0 Å². The third-order valence-corrected chi connectivity index (χ3v) is 6.42. The maximum Gasteiger partial charge on any atom is 0.257 e. The van der Waals surface area contributed by atoms with Gasteiger partial charge in [0, 0.05) is 30.2 Å². The van der Waals surface area contributed by atoms with Gasteiger partial charge in [-0.05, 0) is 68.5 Å². The average Bonchev–Trinajstić information content (AvgIpc) is 3.35. The number of aryl methyl sites for hydroxylation is 1. The van der Waals surface area contributed by atoms with Crippen LogP contribution in [0.25, 0.3) is 16.6 Å². The van der Waals surface area contributed by atoms with E-state index in [-0.39, 0.29) is 11.7 Å². The maximum absolute atomic E-state index is 13.4. The third-order valence-electron chi connectivity index (χ3n) is 6.42. The van der Waals surface area contributed by atoms with Crippen LogP contribution in [0.5, 0.6) is 0 Å². The van der Waals surface area contributed by atoms with Gasteiger partial charge in [-0.15, -0.1) is 0 Å². The molecule has 0 aliphatic carbocycles. The molecular formula is C25H25FN4O. The number of rotatable bonds is 3. The molecule has 2 aromatic carbocycles. The van der Waals surface area contributed by atoms with Crippen molar-refractivity contribution >= 4 is 16.8 Å². The van der Waals surface area contributed by atoms with Crippen LogP contribution in [0, 0.1) is 19.7 Å². The zero-order chi connectivity index (χ0) is 21.5. The van der Waals surface area contributed by atoms with Crippen molar-refractivity contribution in [3.05, 3.63) is 83.1 Å². The molecule has 6 heteroatoms. The highest BCUT2D eigenvalue weighted by Crippen LogP contribution is 2.34. The average molecular weight is 417 g/mol. The number of hydrogen-bond acceptors (Lipinski definition) is 2. The molecule has 5 nitrogen and oxygen atoms in total. The maximum atomic E-state index is 13.4. The third kappa shape index (κ3) is 3.42. The van der Waals surface area contributed by atoms with Gasteiger partial charge in [0.2, 0.25) is 0 Å². The summed E-state index contributed by atoms with van der Waals surface area (Å²) in [5.74, 6) is 0.185. The molecule has 0 atom stereocenters. The second-order valence-corrected chi connectivity index (χ2v) is 8.29. The van der Waals surface area contributed by atoms with Crippen LogP contribution in [-0.4, -0.2) is 38.7 Å². The first kappa shape index (κ1) is 19.5. The number of nitrogens with zero attached hydrogens (tertiary/aromatic N) is 3. The summed E-state index contributed by atoms with van der Waals surface area (Å²) in [5, 5.41) is 5.84. The number of likely N-dealkylation sites (tertiary alicyclic amines) is 1. The first-order valence-electron chi connectivity index (χ1n) is 10.7. The Kier molecular flexibility index (Phi) is 4.85. The summed E-state index contributed by atoms with van der Waals surface area (Å²) in [6, 6.07) is 14.5.